The fourth-order valence-corrected chi connectivity index (χ4v) is 1.14. The highest BCUT2D eigenvalue weighted by Crippen LogP contribution is 2.05. The molecule has 0 aliphatic rings. The fourth-order valence-electron chi connectivity index (χ4n) is 1.14. The van der Waals surface area contributed by atoms with Gasteiger partial charge in [0, 0.05) is 0 Å². The van der Waals surface area contributed by atoms with E-state index in [-0.39, 0.29) is 13.2 Å². The minimum absolute atomic E-state index is 0.104. The lowest BCUT2D eigenvalue weighted by atomic mass is 10.2. The second-order valence-corrected chi connectivity index (χ2v) is 2.98. The molecule has 0 fully saturated rings. The molecular weight excluding hydrogens is 212 g/mol. The molecule has 16 heavy (non-hydrogen) atoms. The van der Waals surface area contributed by atoms with Crippen molar-refractivity contribution in [2.45, 2.75) is 13.5 Å². The Morgan fingerprint density at radius 3 is 2.56 bits per heavy atom. The first-order valence-corrected chi connectivity index (χ1v) is 4.77. The Morgan fingerprint density at radius 2 is 2.06 bits per heavy atom. The molecule has 86 valence electrons. The molecule has 0 saturated heterocycles. The van der Waals surface area contributed by atoms with Crippen LogP contribution in [0.5, 0.6) is 0 Å². The molecular formula is C10H12N2O4. The number of hydrogen-bond acceptors (Lipinski definition) is 4. The van der Waals surface area contributed by atoms with E-state index in [1.165, 1.54) is 0 Å². The normalized spacial score (nSPS) is 9.56. The number of hydrazine groups is 1. The average molecular weight is 224 g/mol. The van der Waals surface area contributed by atoms with Crippen LogP contribution in [0.3, 0.4) is 0 Å². The van der Waals surface area contributed by atoms with Gasteiger partial charge in [0.2, 0.25) is 0 Å². The van der Waals surface area contributed by atoms with E-state index in [1.807, 2.05) is 0 Å². The highest BCUT2D eigenvalue weighted by atomic mass is 16.7. The van der Waals surface area contributed by atoms with Crippen LogP contribution in [0.15, 0.2) is 30.3 Å². The van der Waals surface area contributed by atoms with Gasteiger partial charge in [-0.3, -0.25) is 0 Å². The molecule has 0 radical (unpaired) electrons. The molecule has 0 atom stereocenters. The molecule has 0 N–H and O–H groups in total. The molecule has 6 nitrogen and oxygen atoms in total. The Balaban J connectivity index is 2.73. The molecule has 0 aliphatic carbocycles. The predicted molar refractivity (Wildman–Crippen MR) is 56.0 cm³/mol. The van der Waals surface area contributed by atoms with E-state index < -0.39 is 11.1 Å². The van der Waals surface area contributed by atoms with Crippen molar-refractivity contribution in [3.05, 3.63) is 46.0 Å². The number of nitrogens with zero attached hydrogens (tertiary/aromatic N) is 2. The largest absolute Gasteiger partial charge is 0.468 e. The van der Waals surface area contributed by atoms with Gasteiger partial charge < -0.3 is 4.74 Å². The van der Waals surface area contributed by atoms with Crippen molar-refractivity contribution < 1.29 is 14.6 Å². The molecule has 1 amide bonds. The van der Waals surface area contributed by atoms with Gasteiger partial charge in [-0.2, -0.15) is 0 Å². The Bertz CT molecular complexity index is 366. The van der Waals surface area contributed by atoms with Gasteiger partial charge in [-0.1, -0.05) is 30.3 Å². The third-order valence-corrected chi connectivity index (χ3v) is 1.85. The number of carbonyl (C=O) groups is 1. The lowest BCUT2D eigenvalue weighted by Crippen LogP contribution is -2.36. The van der Waals surface area contributed by atoms with E-state index in [0.717, 1.165) is 0 Å². The van der Waals surface area contributed by atoms with Crippen molar-refractivity contribution in [3.63, 3.8) is 0 Å². The maximum atomic E-state index is 11.3. The smallest absolute Gasteiger partial charge is 0.446 e. The molecule has 0 unspecified atom stereocenters. The average Bonchev–Trinajstić information content (AvgIpc) is 2.27. The van der Waals surface area contributed by atoms with Crippen molar-refractivity contribution in [1.29, 1.82) is 0 Å². The molecule has 0 heterocycles. The van der Waals surface area contributed by atoms with Crippen LogP contribution < -0.4 is 0 Å². The summed E-state index contributed by atoms with van der Waals surface area (Å²) >= 11 is 0. The van der Waals surface area contributed by atoms with Crippen LogP contribution in [0.2, 0.25) is 0 Å². The van der Waals surface area contributed by atoms with E-state index in [0.29, 0.717) is 10.6 Å². The summed E-state index contributed by atoms with van der Waals surface area (Å²) in [7, 11) is 0. The van der Waals surface area contributed by atoms with Crippen molar-refractivity contribution >= 4 is 6.09 Å². The summed E-state index contributed by atoms with van der Waals surface area (Å²) in [6.07, 6.45) is -0.948. The van der Waals surface area contributed by atoms with E-state index in [2.05, 4.69) is 4.74 Å². The Morgan fingerprint density at radius 1 is 1.44 bits per heavy atom. The summed E-state index contributed by atoms with van der Waals surface area (Å²) in [5.41, 5.74) is 0.673. The van der Waals surface area contributed by atoms with Crippen LogP contribution in [0.25, 0.3) is 0 Å². The third-order valence-electron chi connectivity index (χ3n) is 1.85. The third kappa shape index (κ3) is 3.23. The van der Waals surface area contributed by atoms with Gasteiger partial charge in [-0.15, -0.1) is 0 Å². The number of amides is 1. The number of benzene rings is 1. The zero-order valence-corrected chi connectivity index (χ0v) is 8.83. The van der Waals surface area contributed by atoms with Crippen molar-refractivity contribution in [2.24, 2.45) is 0 Å². The minimum atomic E-state index is -0.948. The van der Waals surface area contributed by atoms with Crippen molar-refractivity contribution in [3.8, 4) is 0 Å². The number of hydrogen-bond donors (Lipinski definition) is 0. The minimum Gasteiger partial charge on any atom is -0.446 e. The first-order chi connectivity index (χ1) is 7.65. The highest BCUT2D eigenvalue weighted by Gasteiger charge is 2.25. The standard InChI is InChI=1S/C10H12N2O4/c1-2-16-10(13)11(12(14)15)8-9-6-4-3-5-7-9/h3-7H,2,8H2,1H3. The zero-order valence-electron chi connectivity index (χ0n) is 8.83. The monoisotopic (exact) mass is 224 g/mol. The molecule has 0 spiro atoms. The summed E-state index contributed by atoms with van der Waals surface area (Å²) in [5.74, 6) is 0. The summed E-state index contributed by atoms with van der Waals surface area (Å²) in [4.78, 5) is 21.9. The molecule has 1 aromatic carbocycles. The summed E-state index contributed by atoms with van der Waals surface area (Å²) < 4.78 is 4.58. The first-order valence-electron chi connectivity index (χ1n) is 4.77. The van der Waals surface area contributed by atoms with Crippen LogP contribution in [0.4, 0.5) is 4.79 Å². The van der Waals surface area contributed by atoms with Crippen LogP contribution in [0, 0.1) is 10.1 Å². The number of nitro groups is 1. The molecule has 0 aliphatic heterocycles. The SMILES string of the molecule is CCOC(=O)N(Cc1ccccc1)[N+](=O)[O-]. The molecule has 0 saturated carbocycles. The number of ether oxygens (including phenoxy) is 1. The quantitative estimate of drug-likeness (QED) is 0.577. The fraction of sp³-hybridized carbons (Fsp3) is 0.300. The maximum Gasteiger partial charge on any atom is 0.468 e. The summed E-state index contributed by atoms with van der Waals surface area (Å²) in [6.45, 7) is 1.60. The van der Waals surface area contributed by atoms with E-state index >= 15 is 0 Å². The predicted octanol–water partition coefficient (Wildman–Crippen LogP) is 1.84. The van der Waals surface area contributed by atoms with Gasteiger partial charge in [-0.05, 0) is 17.5 Å². The second kappa shape index (κ2) is 5.69. The Labute approximate surface area is 92.5 Å². The lowest BCUT2D eigenvalue weighted by molar-refractivity contribution is -0.639. The second-order valence-electron chi connectivity index (χ2n) is 2.98. The Kier molecular flexibility index (Phi) is 4.26. The zero-order chi connectivity index (χ0) is 12.0. The summed E-state index contributed by atoms with van der Waals surface area (Å²) in [6, 6.07) is 8.70. The van der Waals surface area contributed by atoms with Crippen molar-refractivity contribution in [2.75, 3.05) is 6.61 Å². The molecule has 0 aromatic heterocycles. The van der Waals surface area contributed by atoms with Gasteiger partial charge in [0.05, 0.1) is 6.61 Å². The topological polar surface area (TPSA) is 72.7 Å². The van der Waals surface area contributed by atoms with E-state index in [1.54, 1.807) is 37.3 Å². The molecule has 1 rings (SSSR count). The Hall–Kier alpha value is -2.11. The number of rotatable bonds is 4. The first kappa shape index (κ1) is 12.0. The van der Waals surface area contributed by atoms with Gasteiger partial charge in [0.25, 0.3) is 0 Å². The van der Waals surface area contributed by atoms with E-state index in [4.69, 9.17) is 0 Å². The molecule has 6 heteroatoms. The number of carbonyl (C=O) groups excluding carboxylic acids is 1. The molecule has 0 bridgehead atoms. The van der Waals surface area contributed by atoms with Crippen molar-refractivity contribution in [1.82, 2.24) is 5.01 Å². The van der Waals surface area contributed by atoms with Gasteiger partial charge >= 0.3 is 6.09 Å². The van der Waals surface area contributed by atoms with Gasteiger partial charge in [-0.25, -0.2) is 14.9 Å². The summed E-state index contributed by atoms with van der Waals surface area (Å²) in [5, 5.41) is 10.3. The maximum absolute atomic E-state index is 11.3. The van der Waals surface area contributed by atoms with Gasteiger partial charge in [0.15, 0.2) is 5.03 Å². The van der Waals surface area contributed by atoms with Crippen LogP contribution in [0.1, 0.15) is 12.5 Å². The van der Waals surface area contributed by atoms with Crippen LogP contribution in [-0.4, -0.2) is 22.7 Å². The van der Waals surface area contributed by atoms with Crippen LogP contribution in [-0.2, 0) is 11.3 Å². The highest BCUT2D eigenvalue weighted by molar-refractivity contribution is 5.66. The van der Waals surface area contributed by atoms with E-state index in [9.17, 15) is 14.9 Å². The van der Waals surface area contributed by atoms with Crippen LogP contribution >= 0.6 is 0 Å². The lowest BCUT2D eigenvalue weighted by Gasteiger charge is -2.11. The van der Waals surface area contributed by atoms with Gasteiger partial charge in [0.1, 0.15) is 6.54 Å². The molecule has 1 aromatic rings.